The third-order valence-corrected chi connectivity index (χ3v) is 3.91. The molecule has 0 saturated carbocycles. The second kappa shape index (κ2) is 6.76. The minimum atomic E-state index is -0.447. The number of amides is 1. The molecule has 0 saturated heterocycles. The molecule has 1 amide bonds. The van der Waals surface area contributed by atoms with E-state index in [2.05, 4.69) is 10.3 Å². The first-order valence-corrected chi connectivity index (χ1v) is 7.95. The Morgan fingerprint density at radius 3 is 2.95 bits per heavy atom. The van der Waals surface area contributed by atoms with E-state index in [1.807, 2.05) is 42.1 Å². The number of para-hydroxylation sites is 2. The first-order chi connectivity index (χ1) is 9.63. The summed E-state index contributed by atoms with van der Waals surface area (Å²) in [5.41, 5.74) is 7.82. The molecule has 108 valence electrons. The number of nitrogens with two attached hydrogens (primary N) is 1. The number of nitrogens with one attached hydrogen (secondary N) is 1. The van der Waals surface area contributed by atoms with Crippen molar-refractivity contribution in [2.75, 3.05) is 12.0 Å². The van der Waals surface area contributed by atoms with Gasteiger partial charge in [0.1, 0.15) is 5.82 Å². The van der Waals surface area contributed by atoms with Crippen LogP contribution < -0.4 is 11.1 Å². The van der Waals surface area contributed by atoms with Crippen LogP contribution in [0.5, 0.6) is 0 Å². The molecule has 0 spiro atoms. The molecule has 1 aromatic carbocycles. The zero-order chi connectivity index (χ0) is 14.5. The number of hydrogen-bond acceptors (Lipinski definition) is 4. The molecular weight excluding hydrogens is 272 g/mol. The molecule has 0 fully saturated rings. The van der Waals surface area contributed by atoms with Crippen LogP contribution in [0.15, 0.2) is 24.3 Å². The molecule has 6 heteroatoms. The quantitative estimate of drug-likeness (QED) is 0.841. The van der Waals surface area contributed by atoms with Gasteiger partial charge < -0.3 is 15.6 Å². The Kier molecular flexibility index (Phi) is 5.03. The maximum atomic E-state index is 11.9. The number of benzene rings is 1. The number of hydrogen-bond donors (Lipinski definition) is 2. The van der Waals surface area contributed by atoms with Gasteiger partial charge in [-0.15, -0.1) is 0 Å². The van der Waals surface area contributed by atoms with E-state index < -0.39 is 6.04 Å². The molecule has 0 bridgehead atoms. The number of thioether (sulfide) groups is 1. The van der Waals surface area contributed by atoms with Gasteiger partial charge in [-0.25, -0.2) is 4.98 Å². The number of rotatable bonds is 6. The van der Waals surface area contributed by atoms with Gasteiger partial charge in [0.2, 0.25) is 5.91 Å². The Morgan fingerprint density at radius 1 is 1.50 bits per heavy atom. The van der Waals surface area contributed by atoms with Crippen molar-refractivity contribution in [3.63, 3.8) is 0 Å². The summed E-state index contributed by atoms with van der Waals surface area (Å²) in [4.78, 5) is 16.4. The Labute approximate surface area is 122 Å². The minimum absolute atomic E-state index is 0.119. The molecule has 0 aliphatic rings. The summed E-state index contributed by atoms with van der Waals surface area (Å²) in [6, 6.07) is 7.46. The normalized spacial score (nSPS) is 12.6. The van der Waals surface area contributed by atoms with E-state index in [4.69, 9.17) is 5.73 Å². The van der Waals surface area contributed by atoms with Crippen LogP contribution in [0.3, 0.4) is 0 Å². The van der Waals surface area contributed by atoms with Crippen LogP contribution >= 0.6 is 11.8 Å². The molecule has 3 N–H and O–H groups in total. The van der Waals surface area contributed by atoms with Crippen molar-refractivity contribution in [1.29, 1.82) is 0 Å². The van der Waals surface area contributed by atoms with Crippen LogP contribution in [0.4, 0.5) is 0 Å². The fourth-order valence-corrected chi connectivity index (χ4v) is 2.52. The lowest BCUT2D eigenvalue weighted by molar-refractivity contribution is -0.122. The third-order valence-electron chi connectivity index (χ3n) is 3.27. The summed E-state index contributed by atoms with van der Waals surface area (Å²) in [6.07, 6.45) is 2.69. The second-order valence-corrected chi connectivity index (χ2v) is 5.67. The minimum Gasteiger partial charge on any atom is -0.348 e. The third kappa shape index (κ3) is 3.32. The summed E-state index contributed by atoms with van der Waals surface area (Å²) < 4.78 is 1.99. The van der Waals surface area contributed by atoms with Gasteiger partial charge >= 0.3 is 0 Å². The smallest absolute Gasteiger partial charge is 0.237 e. The number of aromatic nitrogens is 2. The first-order valence-electron chi connectivity index (χ1n) is 6.56. The fourth-order valence-electron chi connectivity index (χ4n) is 2.03. The van der Waals surface area contributed by atoms with E-state index in [-0.39, 0.29) is 5.91 Å². The van der Waals surface area contributed by atoms with Crippen LogP contribution in [0.2, 0.25) is 0 Å². The Morgan fingerprint density at radius 2 is 2.25 bits per heavy atom. The molecule has 0 aliphatic heterocycles. The number of carbonyl (C=O) groups is 1. The topological polar surface area (TPSA) is 72.9 Å². The van der Waals surface area contributed by atoms with Crippen molar-refractivity contribution in [2.45, 2.75) is 19.0 Å². The zero-order valence-electron chi connectivity index (χ0n) is 11.8. The van der Waals surface area contributed by atoms with E-state index >= 15 is 0 Å². The standard InChI is InChI=1S/C14H20N4OS/c1-18-12-6-4-3-5-11(12)17-13(18)9-16-14(19)10(15)7-8-20-2/h3-6,10H,7-9,15H2,1-2H3,(H,16,19)/t10-/m0/s1. The van der Waals surface area contributed by atoms with Crippen molar-refractivity contribution in [2.24, 2.45) is 12.8 Å². The number of carbonyl (C=O) groups excluding carboxylic acids is 1. The largest absolute Gasteiger partial charge is 0.348 e. The Bertz CT molecular complexity index is 596. The molecule has 2 rings (SSSR count). The highest BCUT2D eigenvalue weighted by Gasteiger charge is 2.14. The van der Waals surface area contributed by atoms with Crippen molar-refractivity contribution >= 4 is 28.7 Å². The predicted octanol–water partition coefficient (Wildman–Crippen LogP) is 1.27. The van der Waals surface area contributed by atoms with Crippen LogP contribution in [-0.2, 0) is 18.4 Å². The van der Waals surface area contributed by atoms with E-state index in [0.29, 0.717) is 13.0 Å². The molecule has 0 unspecified atom stereocenters. The predicted molar refractivity (Wildman–Crippen MR) is 83.5 cm³/mol. The Hall–Kier alpha value is -1.53. The van der Waals surface area contributed by atoms with Gasteiger partial charge in [-0.1, -0.05) is 12.1 Å². The van der Waals surface area contributed by atoms with E-state index in [1.165, 1.54) is 0 Å². The summed E-state index contributed by atoms with van der Waals surface area (Å²) in [7, 11) is 1.95. The molecule has 0 radical (unpaired) electrons. The fraction of sp³-hybridized carbons (Fsp3) is 0.429. The van der Waals surface area contributed by atoms with Gasteiger partial charge in [-0.05, 0) is 30.6 Å². The zero-order valence-corrected chi connectivity index (χ0v) is 12.6. The van der Waals surface area contributed by atoms with Gasteiger partial charge in [-0.2, -0.15) is 11.8 Å². The highest BCUT2D eigenvalue weighted by Crippen LogP contribution is 2.13. The highest BCUT2D eigenvalue weighted by molar-refractivity contribution is 7.98. The van der Waals surface area contributed by atoms with Crippen molar-refractivity contribution in [1.82, 2.24) is 14.9 Å². The van der Waals surface area contributed by atoms with E-state index in [1.54, 1.807) is 11.8 Å². The van der Waals surface area contributed by atoms with Gasteiger partial charge in [0.25, 0.3) is 0 Å². The maximum Gasteiger partial charge on any atom is 0.237 e. The average molecular weight is 292 g/mol. The van der Waals surface area contributed by atoms with Crippen LogP contribution in [-0.4, -0.2) is 33.5 Å². The summed E-state index contributed by atoms with van der Waals surface area (Å²) in [6.45, 7) is 0.400. The number of fused-ring (bicyclic) bond motifs is 1. The molecule has 2 aromatic rings. The monoisotopic (exact) mass is 292 g/mol. The number of nitrogens with zero attached hydrogens (tertiary/aromatic N) is 2. The van der Waals surface area contributed by atoms with Crippen molar-refractivity contribution in [3.05, 3.63) is 30.1 Å². The van der Waals surface area contributed by atoms with Crippen molar-refractivity contribution in [3.8, 4) is 0 Å². The lowest BCUT2D eigenvalue weighted by Crippen LogP contribution is -2.40. The lowest BCUT2D eigenvalue weighted by atomic mass is 10.2. The first kappa shape index (κ1) is 14.9. The van der Waals surface area contributed by atoms with Gasteiger partial charge in [0.15, 0.2) is 0 Å². The van der Waals surface area contributed by atoms with E-state index in [9.17, 15) is 4.79 Å². The average Bonchev–Trinajstić information content (AvgIpc) is 2.79. The van der Waals surface area contributed by atoms with Gasteiger partial charge in [0, 0.05) is 7.05 Å². The highest BCUT2D eigenvalue weighted by atomic mass is 32.2. The second-order valence-electron chi connectivity index (χ2n) is 4.68. The molecule has 20 heavy (non-hydrogen) atoms. The van der Waals surface area contributed by atoms with Crippen LogP contribution in [0.1, 0.15) is 12.2 Å². The van der Waals surface area contributed by atoms with Crippen molar-refractivity contribution < 1.29 is 4.79 Å². The van der Waals surface area contributed by atoms with Gasteiger partial charge in [-0.3, -0.25) is 4.79 Å². The lowest BCUT2D eigenvalue weighted by Gasteiger charge is -2.11. The molecule has 5 nitrogen and oxygen atoms in total. The van der Waals surface area contributed by atoms with Gasteiger partial charge in [0.05, 0.1) is 23.6 Å². The Balaban J connectivity index is 1.99. The molecule has 1 heterocycles. The summed E-state index contributed by atoms with van der Waals surface area (Å²) in [5, 5.41) is 2.85. The summed E-state index contributed by atoms with van der Waals surface area (Å²) >= 11 is 1.69. The number of imidazole rings is 1. The van der Waals surface area contributed by atoms with Crippen LogP contribution in [0.25, 0.3) is 11.0 Å². The summed E-state index contributed by atoms with van der Waals surface area (Å²) in [5.74, 6) is 1.60. The maximum absolute atomic E-state index is 11.9. The SMILES string of the molecule is CSCC[C@H](N)C(=O)NCc1nc2ccccc2n1C. The number of aryl methyl sites for hydroxylation is 1. The van der Waals surface area contributed by atoms with E-state index in [0.717, 1.165) is 22.6 Å². The molecule has 1 aromatic heterocycles. The van der Waals surface area contributed by atoms with Crippen LogP contribution in [0, 0.1) is 0 Å². The molecule has 0 aliphatic carbocycles. The molecule has 1 atom stereocenters. The molecular formula is C14H20N4OS.